The summed E-state index contributed by atoms with van der Waals surface area (Å²) in [6.45, 7) is 10.3. The predicted molar refractivity (Wildman–Crippen MR) is 82.1 cm³/mol. The predicted octanol–water partition coefficient (Wildman–Crippen LogP) is 3.02. The molecule has 1 aromatic heterocycles. The van der Waals surface area contributed by atoms with Crippen molar-refractivity contribution in [3.05, 3.63) is 16.4 Å². The topological polar surface area (TPSA) is 39.1 Å². The zero-order chi connectivity index (χ0) is 14.9. The second-order valence-corrected chi connectivity index (χ2v) is 6.47. The molecule has 0 aromatic carbocycles. The van der Waals surface area contributed by atoms with Gasteiger partial charge in [-0.15, -0.1) is 0 Å². The Morgan fingerprint density at radius 3 is 2.65 bits per heavy atom. The third-order valence-corrected chi connectivity index (χ3v) is 5.11. The Labute approximate surface area is 126 Å². The van der Waals surface area contributed by atoms with Crippen molar-refractivity contribution in [3.63, 3.8) is 0 Å². The molecule has 1 saturated carbocycles. The van der Waals surface area contributed by atoms with Crippen molar-refractivity contribution in [2.24, 2.45) is 5.41 Å². The third-order valence-electron chi connectivity index (χ3n) is 4.67. The van der Waals surface area contributed by atoms with Crippen LogP contribution in [0.2, 0.25) is 5.02 Å². The third kappa shape index (κ3) is 2.61. The molecule has 0 radical (unpaired) electrons. The molecule has 2 rings (SSSR count). The van der Waals surface area contributed by atoms with Gasteiger partial charge in [0.2, 0.25) is 0 Å². The summed E-state index contributed by atoms with van der Waals surface area (Å²) in [5.41, 5.74) is 2.27. The lowest BCUT2D eigenvalue weighted by Crippen LogP contribution is -2.60. The summed E-state index contributed by atoms with van der Waals surface area (Å²) < 4.78 is 7.50. The van der Waals surface area contributed by atoms with Crippen LogP contribution < -0.4 is 5.32 Å². The van der Waals surface area contributed by atoms with Crippen molar-refractivity contribution in [1.29, 1.82) is 0 Å². The van der Waals surface area contributed by atoms with Crippen molar-refractivity contribution in [2.75, 3.05) is 7.11 Å². The van der Waals surface area contributed by atoms with Crippen LogP contribution in [-0.2, 0) is 24.2 Å². The van der Waals surface area contributed by atoms with Crippen molar-refractivity contribution in [2.45, 2.75) is 65.8 Å². The summed E-state index contributed by atoms with van der Waals surface area (Å²) in [7, 11) is 1.79. The lowest BCUT2D eigenvalue weighted by Gasteiger charge is -2.51. The second kappa shape index (κ2) is 6.04. The molecule has 5 heteroatoms. The van der Waals surface area contributed by atoms with E-state index in [1.165, 1.54) is 0 Å². The van der Waals surface area contributed by atoms with Crippen LogP contribution in [0.5, 0.6) is 0 Å². The molecule has 114 valence electrons. The normalized spacial score (nSPS) is 24.7. The molecular weight excluding hydrogens is 274 g/mol. The van der Waals surface area contributed by atoms with Gasteiger partial charge >= 0.3 is 0 Å². The van der Waals surface area contributed by atoms with E-state index in [1.54, 1.807) is 7.11 Å². The van der Waals surface area contributed by atoms with Crippen molar-refractivity contribution in [1.82, 2.24) is 15.1 Å². The number of ether oxygens (including phenoxy) is 1. The Morgan fingerprint density at radius 2 is 2.15 bits per heavy atom. The first kappa shape index (κ1) is 15.8. The van der Waals surface area contributed by atoms with Crippen molar-refractivity contribution >= 4 is 11.6 Å². The van der Waals surface area contributed by atoms with Gasteiger partial charge in [-0.05, 0) is 19.8 Å². The highest BCUT2D eigenvalue weighted by Gasteiger charge is 2.48. The molecule has 0 bridgehead atoms. The maximum atomic E-state index is 6.43. The Hall–Kier alpha value is -0.580. The summed E-state index contributed by atoms with van der Waals surface area (Å²) >= 11 is 6.43. The quantitative estimate of drug-likeness (QED) is 0.877. The largest absolute Gasteiger partial charge is 0.381 e. The van der Waals surface area contributed by atoms with E-state index in [0.717, 1.165) is 42.3 Å². The lowest BCUT2D eigenvalue weighted by atomic mass is 9.64. The van der Waals surface area contributed by atoms with Crippen molar-refractivity contribution < 1.29 is 4.74 Å². The Kier molecular flexibility index (Phi) is 4.77. The standard InChI is InChI=1S/C15H26ClN3O/c1-6-10-14(16)11(19(7-2)18-10)9-17-12-8-13(20-5)15(12,3)4/h12-13,17H,6-9H2,1-5H3. The first-order valence-electron chi connectivity index (χ1n) is 7.45. The molecule has 0 amide bonds. The number of hydrogen-bond donors (Lipinski definition) is 1. The molecule has 2 unspecified atom stereocenters. The minimum Gasteiger partial charge on any atom is -0.381 e. The van der Waals surface area contributed by atoms with E-state index in [-0.39, 0.29) is 5.41 Å². The Bertz CT molecular complexity index is 470. The van der Waals surface area contributed by atoms with Crippen LogP contribution in [0.25, 0.3) is 0 Å². The summed E-state index contributed by atoms with van der Waals surface area (Å²) in [4.78, 5) is 0. The molecule has 1 aliphatic rings. The van der Waals surface area contributed by atoms with Crippen LogP contribution in [0, 0.1) is 5.41 Å². The molecular formula is C15H26ClN3O. The lowest BCUT2D eigenvalue weighted by molar-refractivity contribution is -0.0980. The maximum absolute atomic E-state index is 6.43. The highest BCUT2D eigenvalue weighted by atomic mass is 35.5. The minimum atomic E-state index is 0.172. The molecule has 4 nitrogen and oxygen atoms in total. The number of halogens is 1. The van der Waals surface area contributed by atoms with Gasteiger partial charge in [-0.25, -0.2) is 0 Å². The van der Waals surface area contributed by atoms with Crippen LogP contribution >= 0.6 is 11.6 Å². The average Bonchev–Trinajstić information content (AvgIpc) is 2.74. The number of nitrogens with one attached hydrogen (secondary N) is 1. The first-order chi connectivity index (χ1) is 9.45. The smallest absolute Gasteiger partial charge is 0.0863 e. The van der Waals surface area contributed by atoms with Gasteiger partial charge in [0, 0.05) is 31.7 Å². The van der Waals surface area contributed by atoms with E-state index in [1.807, 2.05) is 4.68 Å². The first-order valence-corrected chi connectivity index (χ1v) is 7.83. The van der Waals surface area contributed by atoms with E-state index in [0.29, 0.717) is 12.1 Å². The highest BCUT2D eigenvalue weighted by molar-refractivity contribution is 6.31. The maximum Gasteiger partial charge on any atom is 0.0863 e. The fourth-order valence-corrected chi connectivity index (χ4v) is 3.37. The SMILES string of the molecule is CCc1nn(CC)c(CNC2CC(OC)C2(C)C)c1Cl. The fraction of sp³-hybridized carbons (Fsp3) is 0.800. The van der Waals surface area contributed by atoms with Gasteiger partial charge in [0.25, 0.3) is 0 Å². The summed E-state index contributed by atoms with van der Waals surface area (Å²) in [6, 6.07) is 0.466. The average molecular weight is 300 g/mol. The van der Waals surface area contributed by atoms with Gasteiger partial charge in [-0.1, -0.05) is 32.4 Å². The number of aryl methyl sites for hydroxylation is 2. The van der Waals surface area contributed by atoms with Crippen LogP contribution in [0.4, 0.5) is 0 Å². The number of rotatable bonds is 6. The molecule has 0 aliphatic heterocycles. The highest BCUT2D eigenvalue weighted by Crippen LogP contribution is 2.42. The van der Waals surface area contributed by atoms with Gasteiger partial charge < -0.3 is 10.1 Å². The van der Waals surface area contributed by atoms with E-state index in [4.69, 9.17) is 16.3 Å². The van der Waals surface area contributed by atoms with Gasteiger partial charge in [0.15, 0.2) is 0 Å². The molecule has 20 heavy (non-hydrogen) atoms. The summed E-state index contributed by atoms with van der Waals surface area (Å²) in [5.74, 6) is 0. The Morgan fingerprint density at radius 1 is 1.45 bits per heavy atom. The molecule has 0 spiro atoms. The summed E-state index contributed by atoms with van der Waals surface area (Å²) in [5, 5.41) is 9.00. The second-order valence-electron chi connectivity index (χ2n) is 6.09. The van der Waals surface area contributed by atoms with Gasteiger partial charge in [0.05, 0.1) is 22.5 Å². The molecule has 1 fully saturated rings. The van der Waals surface area contributed by atoms with E-state index < -0.39 is 0 Å². The molecule has 1 N–H and O–H groups in total. The van der Waals surface area contributed by atoms with Crippen LogP contribution in [0.1, 0.15) is 45.5 Å². The summed E-state index contributed by atoms with van der Waals surface area (Å²) in [6.07, 6.45) is 2.28. The molecule has 1 heterocycles. The molecule has 2 atom stereocenters. The van der Waals surface area contributed by atoms with E-state index >= 15 is 0 Å². The van der Waals surface area contributed by atoms with Gasteiger partial charge in [-0.3, -0.25) is 4.68 Å². The van der Waals surface area contributed by atoms with Gasteiger partial charge in [-0.2, -0.15) is 5.10 Å². The number of nitrogens with zero attached hydrogens (tertiary/aromatic N) is 2. The molecule has 1 aliphatic carbocycles. The van der Waals surface area contributed by atoms with Crippen LogP contribution in [0.15, 0.2) is 0 Å². The zero-order valence-electron chi connectivity index (χ0n) is 13.2. The number of aromatic nitrogens is 2. The van der Waals surface area contributed by atoms with E-state index in [2.05, 4.69) is 38.1 Å². The molecule has 1 aromatic rings. The van der Waals surface area contributed by atoms with E-state index in [9.17, 15) is 0 Å². The minimum absolute atomic E-state index is 0.172. The Balaban J connectivity index is 2.03. The monoisotopic (exact) mass is 299 g/mol. The number of hydrogen-bond acceptors (Lipinski definition) is 3. The molecule has 0 saturated heterocycles. The van der Waals surface area contributed by atoms with Crippen LogP contribution in [-0.4, -0.2) is 29.0 Å². The van der Waals surface area contributed by atoms with Crippen LogP contribution in [0.3, 0.4) is 0 Å². The van der Waals surface area contributed by atoms with Gasteiger partial charge in [0.1, 0.15) is 0 Å². The zero-order valence-corrected chi connectivity index (χ0v) is 13.9. The van der Waals surface area contributed by atoms with Crippen molar-refractivity contribution in [3.8, 4) is 0 Å². The number of methoxy groups -OCH3 is 1. The fourth-order valence-electron chi connectivity index (χ4n) is 3.04.